The fraction of sp³-hybridized carbons (Fsp3) is 0.371. The van der Waals surface area contributed by atoms with Gasteiger partial charge in [-0.05, 0) is 92.9 Å². The van der Waals surface area contributed by atoms with Crippen LogP contribution in [0.15, 0.2) is 60.8 Å². The highest BCUT2D eigenvalue weighted by molar-refractivity contribution is 6.11. The molecule has 2 amide bonds. The van der Waals surface area contributed by atoms with Gasteiger partial charge in [0.15, 0.2) is 0 Å². The molecule has 9 nitrogen and oxygen atoms in total. The van der Waals surface area contributed by atoms with E-state index in [1.807, 2.05) is 25.1 Å². The largest absolute Gasteiger partial charge is 0.416 e. The number of β-lactam (4-membered cyclic amide) rings is 1. The van der Waals surface area contributed by atoms with Gasteiger partial charge in [0, 0.05) is 43.3 Å². The number of hydrogen-bond acceptors (Lipinski definition) is 7. The van der Waals surface area contributed by atoms with Crippen LogP contribution in [-0.2, 0) is 15.7 Å². The van der Waals surface area contributed by atoms with E-state index in [9.17, 15) is 22.8 Å². The van der Waals surface area contributed by atoms with Gasteiger partial charge >= 0.3 is 6.18 Å². The zero-order valence-electron chi connectivity index (χ0n) is 26.6. The average Bonchev–Trinajstić information content (AvgIpc) is 3.05. The van der Waals surface area contributed by atoms with Crippen LogP contribution in [0.5, 0.6) is 0 Å². The maximum Gasteiger partial charge on any atom is 0.416 e. The van der Waals surface area contributed by atoms with E-state index in [4.69, 9.17) is 4.74 Å². The number of nitrogens with zero attached hydrogens (tertiary/aromatic N) is 4. The highest BCUT2D eigenvalue weighted by atomic mass is 19.4. The van der Waals surface area contributed by atoms with Crippen LogP contribution in [0.3, 0.4) is 0 Å². The smallest absolute Gasteiger partial charge is 0.379 e. The highest BCUT2D eigenvalue weighted by Crippen LogP contribution is 2.41. The van der Waals surface area contributed by atoms with E-state index >= 15 is 0 Å². The van der Waals surface area contributed by atoms with E-state index in [1.54, 1.807) is 38.2 Å². The van der Waals surface area contributed by atoms with Gasteiger partial charge in [-0.1, -0.05) is 12.1 Å². The van der Waals surface area contributed by atoms with E-state index < -0.39 is 23.1 Å². The van der Waals surface area contributed by atoms with Gasteiger partial charge in [0.25, 0.3) is 5.91 Å². The Morgan fingerprint density at radius 1 is 1.04 bits per heavy atom. The molecule has 12 heteroatoms. The van der Waals surface area contributed by atoms with E-state index in [2.05, 4.69) is 25.5 Å². The first kappa shape index (κ1) is 32.4. The Morgan fingerprint density at radius 2 is 1.83 bits per heavy atom. The molecule has 0 radical (unpaired) electrons. The van der Waals surface area contributed by atoms with Gasteiger partial charge in [-0.25, -0.2) is 9.97 Å². The number of carbonyl (C=O) groups is 2. The van der Waals surface area contributed by atoms with Crippen LogP contribution in [0.1, 0.15) is 41.8 Å². The van der Waals surface area contributed by atoms with E-state index in [0.29, 0.717) is 12.5 Å². The molecule has 2 saturated heterocycles. The molecule has 6 rings (SSSR count). The first-order chi connectivity index (χ1) is 22.4. The van der Waals surface area contributed by atoms with Gasteiger partial charge in [0.2, 0.25) is 11.9 Å². The second-order valence-corrected chi connectivity index (χ2v) is 12.7. The molecular formula is C35H37F3N6O3. The Morgan fingerprint density at radius 3 is 2.55 bits per heavy atom. The fourth-order valence-electron chi connectivity index (χ4n) is 5.93. The molecule has 2 N–H and O–H groups in total. The fourth-order valence-corrected chi connectivity index (χ4v) is 5.93. The average molecular weight is 647 g/mol. The third kappa shape index (κ3) is 7.08. The van der Waals surface area contributed by atoms with Gasteiger partial charge in [-0.15, -0.1) is 0 Å². The lowest BCUT2D eigenvalue weighted by Crippen LogP contribution is -2.58. The van der Waals surface area contributed by atoms with Crippen LogP contribution in [0.4, 0.5) is 30.5 Å². The Labute approximate surface area is 271 Å². The van der Waals surface area contributed by atoms with Gasteiger partial charge in [0.1, 0.15) is 0 Å². The van der Waals surface area contributed by atoms with Gasteiger partial charge in [-0.3, -0.25) is 14.5 Å². The molecule has 2 aliphatic heterocycles. The van der Waals surface area contributed by atoms with Crippen LogP contribution in [0, 0.1) is 12.3 Å². The van der Waals surface area contributed by atoms with Crippen LogP contribution in [0.2, 0.25) is 0 Å². The summed E-state index contributed by atoms with van der Waals surface area (Å²) in [4.78, 5) is 39.1. The van der Waals surface area contributed by atoms with Gasteiger partial charge in [-0.2, -0.15) is 13.2 Å². The predicted molar refractivity (Wildman–Crippen MR) is 176 cm³/mol. The summed E-state index contributed by atoms with van der Waals surface area (Å²) in [7, 11) is 0. The number of anilines is 3. The highest BCUT2D eigenvalue weighted by Gasteiger charge is 2.46. The SMILES string of the molecule is Cc1ccc(C(=O)Nc2cc(C(F)(F)F)ccc2N2CC(C)(C)C2=O)cc1-c1ccc2nc(NCCCN3CCOCC3)ncc2c1. The number of amides is 2. The number of aryl methyl sites for hydroxylation is 1. The van der Waals surface area contributed by atoms with Crippen molar-refractivity contribution in [3.05, 3.63) is 77.5 Å². The summed E-state index contributed by atoms with van der Waals surface area (Å²) in [5.74, 6) is -0.260. The Balaban J connectivity index is 1.19. The number of fused-ring (bicyclic) bond motifs is 1. The zero-order chi connectivity index (χ0) is 33.3. The minimum absolute atomic E-state index is 0.0795. The van der Waals surface area contributed by atoms with Crippen molar-refractivity contribution in [2.75, 3.05) is 61.5 Å². The lowest BCUT2D eigenvalue weighted by atomic mass is 9.82. The molecule has 2 aliphatic rings. The first-order valence-electron chi connectivity index (χ1n) is 15.7. The summed E-state index contributed by atoms with van der Waals surface area (Å²) >= 11 is 0. The third-order valence-corrected chi connectivity index (χ3v) is 8.67. The number of hydrogen-bond donors (Lipinski definition) is 2. The van der Waals surface area contributed by atoms with Gasteiger partial charge in [0.05, 0.1) is 41.1 Å². The second kappa shape index (κ2) is 12.9. The lowest BCUT2D eigenvalue weighted by molar-refractivity contribution is -0.137. The standard InChI is InChI=1S/C35H37F3N6O3/c1-22-5-6-24(31(45)41-29-19-26(35(36,37)38)8-10-30(29)44-21-34(2,3)32(44)46)18-27(22)23-7-9-28-25(17-23)20-40-33(42-28)39-11-4-12-43-13-15-47-16-14-43/h5-10,17-20H,4,11-16,21H2,1-3H3,(H,41,45)(H,39,40,42). The Bertz CT molecular complexity index is 1820. The minimum Gasteiger partial charge on any atom is -0.379 e. The van der Waals surface area contributed by atoms with Crippen molar-refractivity contribution >= 4 is 40.0 Å². The molecule has 3 heterocycles. The molecule has 1 aromatic heterocycles. The van der Waals surface area contributed by atoms with Gasteiger partial charge < -0.3 is 20.3 Å². The monoisotopic (exact) mass is 646 g/mol. The number of benzene rings is 3. The number of ether oxygens (including phenoxy) is 1. The van der Waals surface area contributed by atoms with Crippen LogP contribution in [-0.4, -0.2) is 72.6 Å². The maximum absolute atomic E-state index is 13.6. The summed E-state index contributed by atoms with van der Waals surface area (Å²) in [5.41, 5.74) is 2.17. The molecule has 4 aromatic rings. The number of nitrogens with one attached hydrogen (secondary N) is 2. The number of morpholine rings is 1. The molecular weight excluding hydrogens is 609 g/mol. The minimum atomic E-state index is -4.62. The van der Waals surface area contributed by atoms with Crippen LogP contribution in [0.25, 0.3) is 22.0 Å². The van der Waals surface area contributed by atoms with Crippen LogP contribution < -0.4 is 15.5 Å². The number of halogens is 3. The number of alkyl halides is 3. The molecule has 0 spiro atoms. The third-order valence-electron chi connectivity index (χ3n) is 8.67. The molecule has 0 unspecified atom stereocenters. The van der Waals surface area contributed by atoms with E-state index in [1.165, 1.54) is 11.0 Å². The predicted octanol–water partition coefficient (Wildman–Crippen LogP) is 6.38. The Hall–Kier alpha value is -4.55. The molecule has 0 atom stereocenters. The molecule has 0 bridgehead atoms. The summed E-state index contributed by atoms with van der Waals surface area (Å²) < 4.78 is 46.2. The van der Waals surface area contributed by atoms with E-state index in [-0.39, 0.29) is 22.8 Å². The van der Waals surface area contributed by atoms with Crippen molar-refractivity contribution in [1.29, 1.82) is 0 Å². The Kier molecular flexibility index (Phi) is 8.91. The molecule has 47 heavy (non-hydrogen) atoms. The van der Waals surface area contributed by atoms with E-state index in [0.717, 1.165) is 85.5 Å². The first-order valence-corrected chi connectivity index (χ1v) is 15.7. The van der Waals surface area contributed by atoms with Crippen molar-refractivity contribution < 1.29 is 27.5 Å². The molecule has 3 aromatic carbocycles. The number of carbonyl (C=O) groups excluding carboxylic acids is 2. The molecule has 246 valence electrons. The van der Waals surface area contributed by atoms with Crippen molar-refractivity contribution in [3.8, 4) is 11.1 Å². The second-order valence-electron chi connectivity index (χ2n) is 12.7. The summed E-state index contributed by atoms with van der Waals surface area (Å²) in [6, 6.07) is 13.9. The van der Waals surface area contributed by atoms with Crippen molar-refractivity contribution in [1.82, 2.24) is 14.9 Å². The molecule has 2 fully saturated rings. The quantitative estimate of drug-likeness (QED) is 0.161. The summed E-state index contributed by atoms with van der Waals surface area (Å²) in [6.45, 7) is 11.0. The number of rotatable bonds is 9. The van der Waals surface area contributed by atoms with Crippen molar-refractivity contribution in [2.45, 2.75) is 33.4 Å². The molecule has 0 aliphatic carbocycles. The zero-order valence-corrected chi connectivity index (χ0v) is 26.6. The summed E-state index contributed by atoms with van der Waals surface area (Å²) in [6.07, 6.45) is -1.89. The normalized spacial score (nSPS) is 16.6. The topological polar surface area (TPSA) is 99.7 Å². The lowest BCUT2D eigenvalue weighted by Gasteiger charge is -2.45. The number of aromatic nitrogens is 2. The summed E-state index contributed by atoms with van der Waals surface area (Å²) in [5, 5.41) is 6.77. The molecule has 0 saturated carbocycles. The van der Waals surface area contributed by atoms with Crippen molar-refractivity contribution in [3.63, 3.8) is 0 Å². The van der Waals surface area contributed by atoms with Crippen LogP contribution >= 0.6 is 0 Å². The maximum atomic E-state index is 13.6. The van der Waals surface area contributed by atoms with Crippen molar-refractivity contribution in [2.24, 2.45) is 5.41 Å².